The van der Waals surface area contributed by atoms with E-state index < -0.39 is 23.5 Å². The first-order valence-electron chi connectivity index (χ1n) is 5.31. The van der Waals surface area contributed by atoms with Crippen LogP contribution in [0, 0.1) is 18.6 Å². The Morgan fingerprint density at radius 2 is 2.11 bits per heavy atom. The van der Waals surface area contributed by atoms with Gasteiger partial charge in [0, 0.05) is 11.6 Å². The van der Waals surface area contributed by atoms with Crippen LogP contribution in [0.25, 0.3) is 0 Å². The van der Waals surface area contributed by atoms with Gasteiger partial charge in [0.1, 0.15) is 11.6 Å². The molecule has 0 amide bonds. The van der Waals surface area contributed by atoms with Gasteiger partial charge in [0.05, 0.1) is 11.8 Å². The minimum absolute atomic E-state index is 0.0417. The average Bonchev–Trinajstić information content (AvgIpc) is 2.34. The minimum Gasteiger partial charge on any atom is -0.478 e. The molecule has 6 heteroatoms. The minimum atomic E-state index is -1.12. The van der Waals surface area contributed by atoms with Gasteiger partial charge in [-0.05, 0) is 19.1 Å². The lowest BCUT2D eigenvalue weighted by molar-refractivity contribution is 0.0695. The maximum atomic E-state index is 13.4. The largest absolute Gasteiger partial charge is 0.478 e. The topological polar surface area (TPSA) is 59.4 Å². The normalized spacial score (nSPS) is 10.3. The van der Waals surface area contributed by atoms with E-state index in [0.717, 1.165) is 6.20 Å². The SMILES string of the molecule is Cc1c(Oc2ncc(F)cc2F)cccc1C(=O)O. The number of carboxylic acids is 1. The fourth-order valence-electron chi connectivity index (χ4n) is 1.54. The Kier molecular flexibility index (Phi) is 3.41. The number of ether oxygens (including phenoxy) is 1. The highest BCUT2D eigenvalue weighted by atomic mass is 19.1. The van der Waals surface area contributed by atoms with E-state index in [1.165, 1.54) is 25.1 Å². The molecule has 1 heterocycles. The van der Waals surface area contributed by atoms with E-state index in [0.29, 0.717) is 11.6 Å². The molecule has 0 bridgehead atoms. The van der Waals surface area contributed by atoms with Crippen LogP contribution in [-0.2, 0) is 0 Å². The third-order valence-electron chi connectivity index (χ3n) is 2.50. The van der Waals surface area contributed by atoms with E-state index in [-0.39, 0.29) is 11.3 Å². The van der Waals surface area contributed by atoms with Gasteiger partial charge in [-0.15, -0.1) is 0 Å². The summed E-state index contributed by atoms with van der Waals surface area (Å²) in [7, 11) is 0. The summed E-state index contributed by atoms with van der Waals surface area (Å²) >= 11 is 0. The van der Waals surface area contributed by atoms with Crippen LogP contribution in [0.2, 0.25) is 0 Å². The van der Waals surface area contributed by atoms with Crippen molar-refractivity contribution in [2.75, 3.05) is 0 Å². The lowest BCUT2D eigenvalue weighted by Gasteiger charge is -2.10. The van der Waals surface area contributed by atoms with Crippen molar-refractivity contribution < 1.29 is 23.4 Å². The Hall–Kier alpha value is -2.50. The van der Waals surface area contributed by atoms with Crippen molar-refractivity contribution in [2.24, 2.45) is 0 Å². The van der Waals surface area contributed by atoms with Crippen LogP contribution in [0.1, 0.15) is 15.9 Å². The molecule has 0 radical (unpaired) electrons. The average molecular weight is 265 g/mol. The second-order valence-corrected chi connectivity index (χ2v) is 3.78. The maximum absolute atomic E-state index is 13.4. The predicted octanol–water partition coefficient (Wildman–Crippen LogP) is 3.16. The summed E-state index contributed by atoms with van der Waals surface area (Å²) < 4.78 is 31.3. The van der Waals surface area contributed by atoms with Crippen molar-refractivity contribution >= 4 is 5.97 Å². The van der Waals surface area contributed by atoms with Gasteiger partial charge in [-0.3, -0.25) is 0 Å². The van der Waals surface area contributed by atoms with Crippen molar-refractivity contribution in [3.8, 4) is 11.6 Å². The fourth-order valence-corrected chi connectivity index (χ4v) is 1.54. The highest BCUT2D eigenvalue weighted by Gasteiger charge is 2.14. The number of benzene rings is 1. The Morgan fingerprint density at radius 1 is 1.37 bits per heavy atom. The molecule has 0 aliphatic carbocycles. The van der Waals surface area contributed by atoms with Crippen molar-refractivity contribution in [3.63, 3.8) is 0 Å². The summed E-state index contributed by atoms with van der Waals surface area (Å²) in [6.45, 7) is 1.53. The number of hydrogen-bond donors (Lipinski definition) is 1. The van der Waals surface area contributed by atoms with Gasteiger partial charge in [0.25, 0.3) is 5.88 Å². The Morgan fingerprint density at radius 3 is 2.74 bits per heavy atom. The molecular formula is C13H9F2NO3. The monoisotopic (exact) mass is 265 g/mol. The van der Waals surface area contributed by atoms with E-state index in [2.05, 4.69) is 4.98 Å². The number of pyridine rings is 1. The summed E-state index contributed by atoms with van der Waals surface area (Å²) in [4.78, 5) is 14.4. The first-order valence-corrected chi connectivity index (χ1v) is 5.31. The maximum Gasteiger partial charge on any atom is 0.336 e. The predicted molar refractivity (Wildman–Crippen MR) is 62.4 cm³/mol. The third-order valence-corrected chi connectivity index (χ3v) is 2.50. The lowest BCUT2D eigenvalue weighted by atomic mass is 10.1. The Balaban J connectivity index is 2.38. The van der Waals surface area contributed by atoms with E-state index in [1.807, 2.05) is 0 Å². The van der Waals surface area contributed by atoms with Gasteiger partial charge >= 0.3 is 5.97 Å². The zero-order valence-electron chi connectivity index (χ0n) is 9.85. The molecule has 19 heavy (non-hydrogen) atoms. The van der Waals surface area contributed by atoms with E-state index in [1.54, 1.807) is 0 Å². The van der Waals surface area contributed by atoms with Crippen LogP contribution in [0.3, 0.4) is 0 Å². The molecule has 0 spiro atoms. The molecule has 0 aliphatic rings. The van der Waals surface area contributed by atoms with Crippen LogP contribution in [0.15, 0.2) is 30.5 Å². The van der Waals surface area contributed by atoms with Gasteiger partial charge in [-0.1, -0.05) is 6.07 Å². The standard InChI is InChI=1S/C13H9F2NO3/c1-7-9(13(17)18)3-2-4-11(7)19-12-10(15)5-8(14)6-16-12/h2-6H,1H3,(H,17,18). The number of nitrogens with zero attached hydrogens (tertiary/aromatic N) is 1. The number of carbonyl (C=O) groups is 1. The molecule has 1 aromatic heterocycles. The van der Waals surface area contributed by atoms with E-state index in [4.69, 9.17) is 9.84 Å². The summed E-state index contributed by atoms with van der Waals surface area (Å²) in [6, 6.07) is 4.98. The van der Waals surface area contributed by atoms with Gasteiger partial charge in [0.15, 0.2) is 5.82 Å². The molecule has 0 saturated carbocycles. The highest BCUT2D eigenvalue weighted by molar-refractivity contribution is 5.90. The second kappa shape index (κ2) is 5.01. The molecule has 1 N–H and O–H groups in total. The number of rotatable bonds is 3. The van der Waals surface area contributed by atoms with Crippen LogP contribution in [-0.4, -0.2) is 16.1 Å². The number of halogens is 2. The summed E-state index contributed by atoms with van der Waals surface area (Å²) in [5.74, 6) is -3.15. The molecule has 0 aliphatic heterocycles. The molecule has 1 aromatic carbocycles. The van der Waals surface area contributed by atoms with Crippen molar-refractivity contribution in [3.05, 3.63) is 53.2 Å². The molecule has 0 atom stereocenters. The third kappa shape index (κ3) is 2.67. The molecule has 0 unspecified atom stereocenters. The smallest absolute Gasteiger partial charge is 0.336 e. The molecular weight excluding hydrogens is 256 g/mol. The molecule has 2 rings (SSSR count). The van der Waals surface area contributed by atoms with Crippen molar-refractivity contribution in [2.45, 2.75) is 6.92 Å². The summed E-state index contributed by atoms with van der Waals surface area (Å²) in [5.41, 5.74) is 0.376. The molecule has 4 nitrogen and oxygen atoms in total. The van der Waals surface area contributed by atoms with Crippen LogP contribution in [0.5, 0.6) is 11.6 Å². The number of hydrogen-bond acceptors (Lipinski definition) is 3. The van der Waals surface area contributed by atoms with Gasteiger partial charge in [-0.2, -0.15) is 0 Å². The molecule has 0 saturated heterocycles. The Labute approximate surface area is 107 Å². The summed E-state index contributed by atoms with van der Waals surface area (Å²) in [6.07, 6.45) is 0.814. The van der Waals surface area contributed by atoms with Gasteiger partial charge < -0.3 is 9.84 Å². The van der Waals surface area contributed by atoms with E-state index >= 15 is 0 Å². The van der Waals surface area contributed by atoms with Crippen LogP contribution >= 0.6 is 0 Å². The van der Waals surface area contributed by atoms with Crippen molar-refractivity contribution in [1.29, 1.82) is 0 Å². The first kappa shape index (κ1) is 12.9. The number of aromatic nitrogens is 1. The second-order valence-electron chi connectivity index (χ2n) is 3.78. The van der Waals surface area contributed by atoms with E-state index in [9.17, 15) is 13.6 Å². The zero-order valence-corrected chi connectivity index (χ0v) is 9.85. The Bertz CT molecular complexity index is 644. The van der Waals surface area contributed by atoms with Crippen LogP contribution in [0.4, 0.5) is 8.78 Å². The quantitative estimate of drug-likeness (QED) is 0.926. The first-order chi connectivity index (χ1) is 8.99. The summed E-state index contributed by atoms with van der Waals surface area (Å²) in [5, 5.41) is 8.95. The number of carboxylic acid groups (broad SMARTS) is 1. The lowest BCUT2D eigenvalue weighted by Crippen LogP contribution is -2.02. The molecule has 2 aromatic rings. The molecule has 98 valence electrons. The number of aromatic carboxylic acids is 1. The molecule has 0 fully saturated rings. The van der Waals surface area contributed by atoms with Crippen LogP contribution < -0.4 is 4.74 Å². The van der Waals surface area contributed by atoms with Crippen molar-refractivity contribution in [1.82, 2.24) is 4.98 Å². The van der Waals surface area contributed by atoms with Gasteiger partial charge in [0.2, 0.25) is 0 Å². The zero-order chi connectivity index (χ0) is 14.0. The van der Waals surface area contributed by atoms with Gasteiger partial charge in [-0.25, -0.2) is 18.6 Å². The fraction of sp³-hybridized carbons (Fsp3) is 0.0769. The highest BCUT2D eigenvalue weighted by Crippen LogP contribution is 2.27.